The summed E-state index contributed by atoms with van der Waals surface area (Å²) < 4.78 is 2.74. The fraction of sp³-hybridized carbons (Fsp3) is 0.333. The van der Waals surface area contributed by atoms with E-state index < -0.39 is 0 Å². The van der Waals surface area contributed by atoms with Gasteiger partial charge in [0, 0.05) is 18.1 Å². The van der Waals surface area contributed by atoms with Crippen LogP contribution in [-0.4, -0.2) is 37.2 Å². The van der Waals surface area contributed by atoms with E-state index in [1.807, 2.05) is 38.1 Å². The number of hydrogen-bond acceptors (Lipinski definition) is 5. The van der Waals surface area contributed by atoms with Crippen LogP contribution in [0.5, 0.6) is 0 Å². The van der Waals surface area contributed by atoms with Crippen molar-refractivity contribution < 1.29 is 4.79 Å². The first kappa shape index (κ1) is 18.1. The Hall–Kier alpha value is -2.74. The fourth-order valence-electron chi connectivity index (χ4n) is 2.69. The Kier molecular flexibility index (Phi) is 5.03. The molecule has 136 valence electrons. The summed E-state index contributed by atoms with van der Waals surface area (Å²) in [6.45, 7) is 5.58. The molecule has 0 radical (unpaired) electrons. The number of likely N-dealkylation sites (N-methyl/N-ethyl adjacent to an activating group) is 1. The van der Waals surface area contributed by atoms with E-state index in [9.17, 15) is 9.59 Å². The Labute approximate surface area is 155 Å². The second-order valence-electron chi connectivity index (χ2n) is 6.25. The van der Waals surface area contributed by atoms with Gasteiger partial charge in [-0.1, -0.05) is 12.1 Å². The number of aromatic nitrogens is 4. The van der Waals surface area contributed by atoms with Crippen LogP contribution in [0.4, 0.5) is 0 Å². The van der Waals surface area contributed by atoms with Gasteiger partial charge in [-0.15, -0.1) is 11.3 Å². The van der Waals surface area contributed by atoms with E-state index in [1.165, 1.54) is 20.6 Å². The van der Waals surface area contributed by atoms with Crippen molar-refractivity contribution in [3.8, 4) is 5.69 Å². The van der Waals surface area contributed by atoms with Gasteiger partial charge in [-0.3, -0.25) is 14.3 Å². The van der Waals surface area contributed by atoms with Crippen LogP contribution in [0.1, 0.15) is 29.2 Å². The minimum Gasteiger partial charge on any atom is -0.337 e. The number of thiazole rings is 1. The Morgan fingerprint density at radius 3 is 2.77 bits per heavy atom. The van der Waals surface area contributed by atoms with Crippen molar-refractivity contribution in [1.82, 2.24) is 24.2 Å². The molecular weight excluding hydrogens is 350 g/mol. The topological polar surface area (TPSA) is 73.0 Å². The van der Waals surface area contributed by atoms with Crippen LogP contribution in [0.15, 0.2) is 40.8 Å². The molecule has 0 aliphatic rings. The van der Waals surface area contributed by atoms with Crippen molar-refractivity contribution in [3.05, 3.63) is 62.7 Å². The Morgan fingerprint density at radius 1 is 1.35 bits per heavy atom. The quantitative estimate of drug-likeness (QED) is 0.690. The number of benzene rings is 1. The van der Waals surface area contributed by atoms with E-state index in [1.54, 1.807) is 30.6 Å². The predicted octanol–water partition coefficient (Wildman–Crippen LogP) is 2.33. The number of nitrogens with zero attached hydrogens (tertiary/aromatic N) is 5. The lowest BCUT2D eigenvalue weighted by Crippen LogP contribution is -2.36. The lowest BCUT2D eigenvalue weighted by Gasteiger charge is -2.23. The maximum absolute atomic E-state index is 12.7. The van der Waals surface area contributed by atoms with Gasteiger partial charge in [0.25, 0.3) is 0 Å². The number of carbonyl (C=O) groups excluding carboxylic acids is 1. The minimum atomic E-state index is -0.319. The molecule has 0 unspecified atom stereocenters. The molecule has 0 saturated heterocycles. The second kappa shape index (κ2) is 7.25. The zero-order valence-corrected chi connectivity index (χ0v) is 16.0. The standard InChI is InChI=1S/C18H21N5O2S/c1-12-6-5-7-15(8-12)23-18(25)22(14(3)20-23)10-17(24)21(4)13(2)16-9-19-11-26-16/h5-9,11,13H,10H2,1-4H3/t13-/m1/s1. The van der Waals surface area contributed by atoms with Crippen molar-refractivity contribution in [2.45, 2.75) is 33.4 Å². The summed E-state index contributed by atoms with van der Waals surface area (Å²) in [6, 6.07) is 7.44. The first-order chi connectivity index (χ1) is 12.4. The Morgan fingerprint density at radius 2 is 2.12 bits per heavy atom. The molecule has 7 nitrogen and oxygen atoms in total. The highest BCUT2D eigenvalue weighted by molar-refractivity contribution is 7.09. The largest absolute Gasteiger partial charge is 0.351 e. The third kappa shape index (κ3) is 3.45. The molecule has 0 aliphatic carbocycles. The summed E-state index contributed by atoms with van der Waals surface area (Å²) >= 11 is 1.50. The molecule has 0 N–H and O–H groups in total. The van der Waals surface area contributed by atoms with E-state index in [4.69, 9.17) is 0 Å². The van der Waals surface area contributed by atoms with Crippen LogP contribution in [-0.2, 0) is 11.3 Å². The molecule has 1 atom stereocenters. The van der Waals surface area contributed by atoms with Gasteiger partial charge in [-0.25, -0.2) is 4.79 Å². The normalized spacial score (nSPS) is 12.2. The molecule has 0 aliphatic heterocycles. The number of aryl methyl sites for hydroxylation is 2. The summed E-state index contributed by atoms with van der Waals surface area (Å²) in [4.78, 5) is 32.1. The Balaban J connectivity index is 1.84. The molecular formula is C18H21N5O2S. The van der Waals surface area contributed by atoms with Crippen LogP contribution in [0, 0.1) is 13.8 Å². The molecule has 0 spiro atoms. The maximum atomic E-state index is 12.7. The molecule has 8 heteroatoms. The van der Waals surface area contributed by atoms with Gasteiger partial charge in [-0.2, -0.15) is 9.78 Å². The highest BCUT2D eigenvalue weighted by Gasteiger charge is 2.21. The van der Waals surface area contributed by atoms with Crippen molar-refractivity contribution >= 4 is 17.2 Å². The van der Waals surface area contributed by atoms with E-state index in [0.29, 0.717) is 11.5 Å². The van der Waals surface area contributed by atoms with Crippen molar-refractivity contribution in [2.75, 3.05) is 7.05 Å². The van der Waals surface area contributed by atoms with Gasteiger partial charge < -0.3 is 4.90 Å². The van der Waals surface area contributed by atoms with E-state index in [2.05, 4.69) is 10.1 Å². The summed E-state index contributed by atoms with van der Waals surface area (Å²) in [5.74, 6) is 0.351. The number of carbonyl (C=O) groups is 1. The molecule has 26 heavy (non-hydrogen) atoms. The van der Waals surface area contributed by atoms with Gasteiger partial charge in [0.1, 0.15) is 12.4 Å². The maximum Gasteiger partial charge on any atom is 0.351 e. The van der Waals surface area contributed by atoms with Gasteiger partial charge in [0.05, 0.1) is 17.2 Å². The lowest BCUT2D eigenvalue weighted by atomic mass is 10.2. The van der Waals surface area contributed by atoms with Crippen molar-refractivity contribution in [1.29, 1.82) is 0 Å². The fourth-order valence-corrected chi connectivity index (χ4v) is 3.41. The molecule has 0 fully saturated rings. The van der Waals surface area contributed by atoms with E-state index >= 15 is 0 Å². The number of hydrogen-bond donors (Lipinski definition) is 0. The molecule has 2 heterocycles. The summed E-state index contributed by atoms with van der Waals surface area (Å²) in [6.07, 6.45) is 1.76. The summed E-state index contributed by atoms with van der Waals surface area (Å²) in [5, 5.41) is 4.32. The summed E-state index contributed by atoms with van der Waals surface area (Å²) in [7, 11) is 1.73. The molecule has 1 amide bonds. The first-order valence-electron chi connectivity index (χ1n) is 8.26. The highest BCUT2D eigenvalue weighted by Crippen LogP contribution is 2.22. The lowest BCUT2D eigenvalue weighted by molar-refractivity contribution is -0.132. The van der Waals surface area contributed by atoms with Crippen LogP contribution in [0.2, 0.25) is 0 Å². The van der Waals surface area contributed by atoms with Crippen molar-refractivity contribution in [3.63, 3.8) is 0 Å². The van der Waals surface area contributed by atoms with Gasteiger partial charge in [-0.05, 0) is 38.5 Å². The van der Waals surface area contributed by atoms with Gasteiger partial charge >= 0.3 is 5.69 Å². The third-order valence-electron chi connectivity index (χ3n) is 4.42. The van der Waals surface area contributed by atoms with Gasteiger partial charge in [0.15, 0.2) is 0 Å². The minimum absolute atomic E-state index is 0.0455. The predicted molar refractivity (Wildman–Crippen MR) is 101 cm³/mol. The third-order valence-corrected chi connectivity index (χ3v) is 5.37. The highest BCUT2D eigenvalue weighted by atomic mass is 32.1. The first-order valence-corrected chi connectivity index (χ1v) is 9.14. The van der Waals surface area contributed by atoms with E-state index in [0.717, 1.165) is 10.4 Å². The van der Waals surface area contributed by atoms with Crippen LogP contribution in [0.3, 0.4) is 0 Å². The number of rotatable bonds is 5. The monoisotopic (exact) mass is 371 g/mol. The van der Waals surface area contributed by atoms with Crippen LogP contribution >= 0.6 is 11.3 Å². The Bertz CT molecular complexity index is 974. The van der Waals surface area contributed by atoms with Crippen molar-refractivity contribution in [2.24, 2.45) is 0 Å². The SMILES string of the molecule is Cc1cccc(-n2nc(C)n(CC(=O)N(C)[C@H](C)c3cncs3)c2=O)c1. The van der Waals surface area contributed by atoms with Crippen LogP contribution < -0.4 is 5.69 Å². The second-order valence-corrected chi connectivity index (χ2v) is 7.17. The zero-order chi connectivity index (χ0) is 18.8. The zero-order valence-electron chi connectivity index (χ0n) is 15.2. The molecule has 0 saturated carbocycles. The molecule has 2 aromatic heterocycles. The summed E-state index contributed by atoms with van der Waals surface area (Å²) in [5.41, 5.74) is 3.15. The molecule has 1 aromatic carbocycles. The average molecular weight is 371 g/mol. The molecule has 3 aromatic rings. The molecule has 3 rings (SSSR count). The van der Waals surface area contributed by atoms with Gasteiger partial charge in [0.2, 0.25) is 5.91 Å². The molecule has 0 bridgehead atoms. The van der Waals surface area contributed by atoms with E-state index in [-0.39, 0.29) is 24.2 Å². The van der Waals surface area contributed by atoms with Crippen LogP contribution in [0.25, 0.3) is 5.69 Å². The smallest absolute Gasteiger partial charge is 0.337 e. The average Bonchev–Trinajstić information content (AvgIpc) is 3.24. The number of amides is 1.